The van der Waals surface area contributed by atoms with Gasteiger partial charge in [0.15, 0.2) is 5.78 Å². The summed E-state index contributed by atoms with van der Waals surface area (Å²) in [7, 11) is 0. The molecule has 0 aliphatic carbocycles. The molecule has 30 heavy (non-hydrogen) atoms. The second-order valence-corrected chi connectivity index (χ2v) is 8.78. The van der Waals surface area contributed by atoms with E-state index in [4.69, 9.17) is 14.6 Å². The Kier molecular flexibility index (Phi) is 7.85. The number of halogens is 2. The summed E-state index contributed by atoms with van der Waals surface area (Å²) in [4.78, 5) is 13.6. The number of likely N-dealkylation sites (N-methyl/N-ethyl adjacent to an activating group) is 1. The van der Waals surface area contributed by atoms with Gasteiger partial charge in [-0.15, -0.1) is 0 Å². The highest BCUT2D eigenvalue weighted by atomic mass is 127. The molecular weight excluding hydrogens is 604 g/mol. The van der Waals surface area contributed by atoms with Crippen LogP contribution in [-0.2, 0) is 6.42 Å². The molecule has 1 aromatic heterocycles. The number of hydrogen-bond acceptors (Lipinski definition) is 4. The number of rotatable bonds is 10. The van der Waals surface area contributed by atoms with Gasteiger partial charge in [-0.05, 0) is 76.3 Å². The largest absolute Gasteiger partial charge is 0.490 e. The zero-order chi connectivity index (χ0) is 24.4. The fourth-order valence-electron chi connectivity index (χ4n) is 2.99. The topological polar surface area (TPSA) is 51.5 Å². The lowest BCUT2D eigenvalue weighted by Gasteiger charge is -2.12. The number of fused-ring (bicyclic) bond motifs is 1. The third-order valence-electron chi connectivity index (χ3n) is 4.38. The lowest BCUT2D eigenvalue weighted by atomic mass is 9.98. The second kappa shape index (κ2) is 12.0. The van der Waals surface area contributed by atoms with E-state index in [-0.39, 0.29) is 25.5 Å². The van der Waals surface area contributed by atoms with E-state index in [2.05, 4.69) is 12.2 Å². The molecule has 2 aromatic carbocycles. The van der Waals surface area contributed by atoms with Gasteiger partial charge in [-0.2, -0.15) is 0 Å². The van der Waals surface area contributed by atoms with Gasteiger partial charge in [0.05, 0.1) is 15.4 Å². The maximum absolute atomic E-state index is 13.6. The number of unbranched alkanes of at least 4 members (excludes halogenated alkanes) is 1. The van der Waals surface area contributed by atoms with E-state index in [1.807, 2.05) is 69.4 Å². The Morgan fingerprint density at radius 2 is 1.90 bits per heavy atom. The molecule has 0 saturated carbocycles. The van der Waals surface area contributed by atoms with E-state index in [1.54, 1.807) is 19.1 Å². The summed E-state index contributed by atoms with van der Waals surface area (Å²) < 4.78 is 44.7. The Labute approximate surface area is 212 Å². The molecule has 3 aromatic rings. The summed E-state index contributed by atoms with van der Waals surface area (Å²) in [6.45, 7) is -0.994. The van der Waals surface area contributed by atoms with Crippen molar-refractivity contribution in [1.29, 1.82) is 0 Å². The number of carbonyl (C=O) groups excluding carboxylic acids is 1. The van der Waals surface area contributed by atoms with Crippen LogP contribution in [0.1, 0.15) is 61.3 Å². The molecule has 0 saturated heterocycles. The Bertz CT molecular complexity index is 1140. The number of furan rings is 1. The zero-order valence-electron chi connectivity index (χ0n) is 20.3. The van der Waals surface area contributed by atoms with Gasteiger partial charge in [0, 0.05) is 26.6 Å². The van der Waals surface area contributed by atoms with Crippen molar-refractivity contribution >= 4 is 61.9 Å². The Balaban J connectivity index is 0.00000408. The highest BCUT2D eigenvalue weighted by Crippen LogP contribution is 2.33. The smallest absolute Gasteiger partial charge is 0.197 e. The predicted molar refractivity (Wildman–Crippen MR) is 141 cm³/mol. The molecule has 3 rings (SSSR count). The number of para-hydroxylation sites is 1. The molecule has 0 amide bonds. The van der Waals surface area contributed by atoms with Gasteiger partial charge in [-0.3, -0.25) is 4.79 Å². The fraction of sp³-hybridized carbons (Fsp3) is 0.375. The summed E-state index contributed by atoms with van der Waals surface area (Å²) >= 11 is 3.97. The van der Waals surface area contributed by atoms with Crippen molar-refractivity contribution < 1.29 is 19.4 Å². The molecule has 0 spiro atoms. The first-order valence-electron chi connectivity index (χ1n) is 11.5. The first-order valence-corrected chi connectivity index (χ1v) is 11.7. The number of ether oxygens (including phenoxy) is 1. The molecule has 0 radical (unpaired) electrons. The molecule has 162 valence electrons. The average Bonchev–Trinajstić information content (AvgIpc) is 3.12. The van der Waals surface area contributed by atoms with Crippen LogP contribution in [-0.4, -0.2) is 25.4 Å². The molecule has 4 nitrogen and oxygen atoms in total. The number of ketones is 1. The maximum atomic E-state index is 13.6. The van der Waals surface area contributed by atoms with Gasteiger partial charge in [0.25, 0.3) is 0 Å². The minimum absolute atomic E-state index is 0. The molecule has 1 heterocycles. The molecule has 0 unspecified atom stereocenters. The number of carbonyl (C=O) groups is 1. The quantitative estimate of drug-likeness (QED) is 0.196. The van der Waals surface area contributed by atoms with Crippen molar-refractivity contribution in [3.05, 3.63) is 60.4 Å². The first kappa shape index (κ1) is 19.5. The summed E-state index contributed by atoms with van der Waals surface area (Å²) in [5.74, 6) is 0.700. The fourth-order valence-corrected chi connectivity index (χ4v) is 4.98. The first-order chi connectivity index (χ1) is 15.5. The molecule has 0 atom stereocenters. The minimum Gasteiger partial charge on any atom is -0.490 e. The van der Waals surface area contributed by atoms with Crippen LogP contribution in [0.25, 0.3) is 11.0 Å². The summed E-state index contributed by atoms with van der Waals surface area (Å²) in [6.07, 6.45) is 2.56. The minimum atomic E-state index is -2.62. The molecule has 0 fully saturated rings. The highest BCUT2D eigenvalue weighted by molar-refractivity contribution is 14.1. The van der Waals surface area contributed by atoms with Crippen molar-refractivity contribution in [3.63, 3.8) is 0 Å². The van der Waals surface area contributed by atoms with Gasteiger partial charge in [0.2, 0.25) is 0 Å². The number of nitrogens with one attached hydrogen (secondary N) is 1. The van der Waals surface area contributed by atoms with Crippen LogP contribution >= 0.6 is 45.2 Å². The van der Waals surface area contributed by atoms with E-state index in [0.717, 1.165) is 18.2 Å². The normalized spacial score (nSPS) is 13.7. The third-order valence-corrected chi connectivity index (χ3v) is 5.99. The molecule has 0 aliphatic rings. The zero-order valence-corrected chi connectivity index (χ0v) is 20.6. The van der Waals surface area contributed by atoms with Crippen molar-refractivity contribution in [2.75, 3.05) is 19.6 Å². The van der Waals surface area contributed by atoms with Crippen molar-refractivity contribution in [2.45, 2.75) is 40.5 Å². The van der Waals surface area contributed by atoms with Crippen molar-refractivity contribution in [1.82, 2.24) is 5.32 Å². The van der Waals surface area contributed by atoms with Crippen LogP contribution < -0.4 is 10.1 Å². The van der Waals surface area contributed by atoms with Crippen LogP contribution in [0.3, 0.4) is 0 Å². The molecule has 6 heteroatoms. The van der Waals surface area contributed by atoms with Gasteiger partial charge in [-0.25, -0.2) is 0 Å². The molecule has 0 bridgehead atoms. The summed E-state index contributed by atoms with van der Waals surface area (Å²) in [5, 5.41) is 3.25. The van der Waals surface area contributed by atoms with E-state index >= 15 is 0 Å². The standard InChI is InChI=1S/C23H25I2NO3.CH4/c1-3-5-9-20-21(16-8-6-7-10-19(16)29-20)22(27)15-13-17(24)23(18(25)14-15)28-12-11-26-4-2;/h6-8,10,13-14,26H,3-5,9,11-12H2,1-2H3;1H4/i11D2,12D2;. The van der Waals surface area contributed by atoms with Crippen LogP contribution in [0.2, 0.25) is 0 Å². The van der Waals surface area contributed by atoms with Crippen LogP contribution in [0.5, 0.6) is 5.75 Å². The number of hydrogen-bond donors (Lipinski definition) is 1. The van der Waals surface area contributed by atoms with Crippen molar-refractivity contribution in [3.8, 4) is 5.75 Å². The van der Waals surface area contributed by atoms with E-state index < -0.39 is 13.1 Å². The van der Waals surface area contributed by atoms with Crippen LogP contribution in [0, 0.1) is 7.14 Å². The van der Waals surface area contributed by atoms with E-state index in [1.165, 1.54) is 0 Å². The summed E-state index contributed by atoms with van der Waals surface area (Å²) in [6, 6.07) is 10.8. The van der Waals surface area contributed by atoms with E-state index in [0.29, 0.717) is 36.0 Å². The van der Waals surface area contributed by atoms with E-state index in [9.17, 15) is 4.79 Å². The number of aryl methyl sites for hydroxylation is 1. The second-order valence-electron chi connectivity index (χ2n) is 6.46. The van der Waals surface area contributed by atoms with Crippen LogP contribution in [0.4, 0.5) is 0 Å². The van der Waals surface area contributed by atoms with Crippen LogP contribution in [0.15, 0.2) is 40.8 Å². The monoisotopic (exact) mass is 637 g/mol. The Hall–Kier alpha value is -1.13. The maximum Gasteiger partial charge on any atom is 0.197 e. The van der Waals surface area contributed by atoms with Gasteiger partial charge < -0.3 is 14.5 Å². The lowest BCUT2D eigenvalue weighted by molar-refractivity contribution is 0.103. The Morgan fingerprint density at radius 1 is 1.20 bits per heavy atom. The molecular formula is C24H29I2NO3. The SMILES string of the molecule is C.[2H]C([2H])(NCC)C([2H])([2H])Oc1c(I)cc(C(=O)c2c(CCCC)oc3ccccc23)cc1I. The molecule has 0 aliphatic heterocycles. The van der Waals surface area contributed by atoms with Gasteiger partial charge in [0.1, 0.15) is 23.7 Å². The highest BCUT2D eigenvalue weighted by Gasteiger charge is 2.23. The summed E-state index contributed by atoms with van der Waals surface area (Å²) in [5.41, 5.74) is 1.67. The Morgan fingerprint density at radius 3 is 2.57 bits per heavy atom. The lowest BCUT2D eigenvalue weighted by Crippen LogP contribution is -2.20. The third kappa shape index (κ3) is 5.76. The predicted octanol–water partition coefficient (Wildman–Crippen LogP) is 6.84. The average molecular weight is 637 g/mol. The van der Waals surface area contributed by atoms with Crippen molar-refractivity contribution in [2.24, 2.45) is 0 Å². The number of benzene rings is 2. The molecule has 1 N–H and O–H groups in total. The van der Waals surface area contributed by atoms with Gasteiger partial charge >= 0.3 is 0 Å². The van der Waals surface area contributed by atoms with Gasteiger partial charge in [-0.1, -0.05) is 45.9 Å².